The number of para-hydroxylation sites is 1. The third-order valence-corrected chi connectivity index (χ3v) is 2.53. The van der Waals surface area contributed by atoms with Gasteiger partial charge in [0.2, 0.25) is 5.91 Å². The number of carbonyl (C=O) groups excluding carboxylic acids is 1. The topological polar surface area (TPSA) is 69.6 Å². The summed E-state index contributed by atoms with van der Waals surface area (Å²) in [4.78, 5) is 11.6. The highest BCUT2D eigenvalue weighted by Crippen LogP contribution is 2.16. The molecule has 0 saturated carbocycles. The third kappa shape index (κ3) is 4.44. The first-order valence-corrected chi connectivity index (χ1v) is 5.59. The van der Waals surface area contributed by atoms with Crippen LogP contribution < -0.4 is 5.32 Å². The maximum atomic E-state index is 11.6. The molecule has 3 N–H and O–H groups in total. The number of benzene rings is 1. The van der Waals surface area contributed by atoms with Gasteiger partial charge in [0, 0.05) is 24.1 Å². The fourth-order valence-electron chi connectivity index (χ4n) is 1.29. The molecule has 0 fully saturated rings. The van der Waals surface area contributed by atoms with Gasteiger partial charge in [0.25, 0.3) is 0 Å². The molecule has 0 saturated heterocycles. The molecule has 1 aromatic rings. The molecule has 94 valence electrons. The first kappa shape index (κ1) is 13.5. The number of carbonyl (C=O) groups is 1. The summed E-state index contributed by atoms with van der Waals surface area (Å²) >= 11 is 0. The Kier molecular flexibility index (Phi) is 4.52. The highest BCUT2D eigenvalue weighted by atomic mass is 16.3. The van der Waals surface area contributed by atoms with Gasteiger partial charge >= 0.3 is 0 Å². The molecule has 0 aliphatic carbocycles. The summed E-state index contributed by atoms with van der Waals surface area (Å²) in [6, 6.07) is 6.76. The molecule has 0 aliphatic heterocycles. The third-order valence-electron chi connectivity index (χ3n) is 2.53. The lowest BCUT2D eigenvalue weighted by Crippen LogP contribution is -2.36. The van der Waals surface area contributed by atoms with Crippen LogP contribution in [0.2, 0.25) is 0 Å². The molecule has 0 unspecified atom stereocenters. The van der Waals surface area contributed by atoms with Crippen molar-refractivity contribution in [3.63, 3.8) is 0 Å². The fourth-order valence-corrected chi connectivity index (χ4v) is 1.29. The number of aliphatic hydroxyl groups excluding tert-OH is 1. The molecule has 0 bridgehead atoms. The Balaban J connectivity index is 2.48. The van der Waals surface area contributed by atoms with Gasteiger partial charge in [-0.2, -0.15) is 0 Å². The minimum absolute atomic E-state index is 0.0177. The van der Waals surface area contributed by atoms with Crippen molar-refractivity contribution in [2.45, 2.75) is 20.3 Å². The summed E-state index contributed by atoms with van der Waals surface area (Å²) in [5, 5.41) is 21.3. The second-order valence-electron chi connectivity index (χ2n) is 4.90. The predicted octanol–water partition coefficient (Wildman–Crippen LogP) is 1.07. The SMILES string of the molecule is CC(C)(CO)CNC(=O)Cc1ccccc1O. The van der Waals surface area contributed by atoms with Crippen LogP contribution in [0.4, 0.5) is 0 Å². The molecular formula is C13H19NO3. The Labute approximate surface area is 101 Å². The molecule has 1 rings (SSSR count). The number of nitrogens with one attached hydrogen (secondary N) is 1. The van der Waals surface area contributed by atoms with Gasteiger partial charge in [-0.25, -0.2) is 0 Å². The van der Waals surface area contributed by atoms with Gasteiger partial charge in [-0.1, -0.05) is 32.0 Å². The van der Waals surface area contributed by atoms with E-state index in [4.69, 9.17) is 5.11 Å². The van der Waals surface area contributed by atoms with E-state index in [1.165, 1.54) is 0 Å². The van der Waals surface area contributed by atoms with Crippen LogP contribution in [0.15, 0.2) is 24.3 Å². The van der Waals surface area contributed by atoms with E-state index < -0.39 is 0 Å². The Morgan fingerprint density at radius 1 is 1.35 bits per heavy atom. The van der Waals surface area contributed by atoms with Crippen molar-refractivity contribution in [1.29, 1.82) is 0 Å². The van der Waals surface area contributed by atoms with E-state index in [0.29, 0.717) is 12.1 Å². The van der Waals surface area contributed by atoms with E-state index in [1.807, 2.05) is 13.8 Å². The van der Waals surface area contributed by atoms with Gasteiger partial charge < -0.3 is 15.5 Å². The van der Waals surface area contributed by atoms with Crippen LogP contribution >= 0.6 is 0 Å². The first-order chi connectivity index (χ1) is 7.94. The summed E-state index contributed by atoms with van der Waals surface area (Å²) in [5.74, 6) is -0.0305. The number of rotatable bonds is 5. The Bertz CT molecular complexity index is 388. The summed E-state index contributed by atoms with van der Waals surface area (Å²) < 4.78 is 0. The zero-order valence-electron chi connectivity index (χ0n) is 10.2. The number of aliphatic hydroxyl groups is 1. The fraction of sp³-hybridized carbons (Fsp3) is 0.462. The van der Waals surface area contributed by atoms with Crippen LogP contribution in [0.25, 0.3) is 0 Å². The highest BCUT2D eigenvalue weighted by molar-refractivity contribution is 5.79. The average Bonchev–Trinajstić information content (AvgIpc) is 2.30. The molecular weight excluding hydrogens is 218 g/mol. The monoisotopic (exact) mass is 237 g/mol. The number of amides is 1. The lowest BCUT2D eigenvalue weighted by molar-refractivity contribution is -0.121. The minimum atomic E-state index is -0.325. The van der Waals surface area contributed by atoms with Crippen LogP contribution in [-0.4, -0.2) is 29.3 Å². The minimum Gasteiger partial charge on any atom is -0.508 e. The van der Waals surface area contributed by atoms with E-state index >= 15 is 0 Å². The van der Waals surface area contributed by atoms with Crippen molar-refractivity contribution >= 4 is 5.91 Å². The molecule has 17 heavy (non-hydrogen) atoms. The lowest BCUT2D eigenvalue weighted by Gasteiger charge is -2.21. The number of phenolic OH excluding ortho intramolecular Hbond substituents is 1. The van der Waals surface area contributed by atoms with Crippen molar-refractivity contribution in [3.05, 3.63) is 29.8 Å². The molecule has 1 aromatic carbocycles. The van der Waals surface area contributed by atoms with Crippen LogP contribution in [0.5, 0.6) is 5.75 Å². The second-order valence-corrected chi connectivity index (χ2v) is 4.90. The largest absolute Gasteiger partial charge is 0.508 e. The quantitative estimate of drug-likeness (QED) is 0.717. The molecule has 4 heteroatoms. The molecule has 0 heterocycles. The Morgan fingerprint density at radius 3 is 2.59 bits per heavy atom. The van der Waals surface area contributed by atoms with Crippen molar-refractivity contribution in [2.24, 2.45) is 5.41 Å². The van der Waals surface area contributed by atoms with Gasteiger partial charge in [-0.3, -0.25) is 4.79 Å². The standard InChI is InChI=1S/C13H19NO3/c1-13(2,9-15)8-14-12(17)7-10-5-3-4-6-11(10)16/h3-6,15-16H,7-9H2,1-2H3,(H,14,17). The van der Waals surface area contributed by atoms with Crippen molar-refractivity contribution < 1.29 is 15.0 Å². The first-order valence-electron chi connectivity index (χ1n) is 5.59. The van der Waals surface area contributed by atoms with E-state index in [9.17, 15) is 9.90 Å². The maximum absolute atomic E-state index is 11.6. The van der Waals surface area contributed by atoms with Crippen LogP contribution in [0.3, 0.4) is 0 Å². The van der Waals surface area contributed by atoms with E-state index in [1.54, 1.807) is 24.3 Å². The Morgan fingerprint density at radius 2 is 2.00 bits per heavy atom. The summed E-state index contributed by atoms with van der Waals surface area (Å²) in [7, 11) is 0. The van der Waals surface area contributed by atoms with Crippen molar-refractivity contribution in [2.75, 3.05) is 13.2 Å². The number of aromatic hydroxyl groups is 1. The zero-order valence-corrected chi connectivity index (χ0v) is 10.2. The maximum Gasteiger partial charge on any atom is 0.224 e. The molecule has 4 nitrogen and oxygen atoms in total. The summed E-state index contributed by atoms with van der Waals surface area (Å²) in [6.07, 6.45) is 0.147. The molecule has 0 aromatic heterocycles. The normalized spacial score (nSPS) is 11.2. The molecule has 0 radical (unpaired) electrons. The summed E-state index contributed by atoms with van der Waals surface area (Å²) in [5.41, 5.74) is 0.279. The van der Waals surface area contributed by atoms with E-state index in [0.717, 1.165) is 0 Å². The number of hydrogen-bond donors (Lipinski definition) is 3. The number of phenols is 1. The second kappa shape index (κ2) is 5.68. The average molecular weight is 237 g/mol. The highest BCUT2D eigenvalue weighted by Gasteiger charge is 2.17. The van der Waals surface area contributed by atoms with Crippen LogP contribution in [0, 0.1) is 5.41 Å². The Hall–Kier alpha value is -1.55. The molecule has 0 spiro atoms. The van der Waals surface area contributed by atoms with E-state index in [2.05, 4.69) is 5.32 Å². The summed E-state index contributed by atoms with van der Waals surface area (Å²) in [6.45, 7) is 4.17. The van der Waals surface area contributed by atoms with Crippen LogP contribution in [-0.2, 0) is 11.2 Å². The van der Waals surface area contributed by atoms with Gasteiger partial charge in [-0.15, -0.1) is 0 Å². The van der Waals surface area contributed by atoms with Gasteiger partial charge in [0.15, 0.2) is 0 Å². The van der Waals surface area contributed by atoms with Gasteiger partial charge in [-0.05, 0) is 6.07 Å². The van der Waals surface area contributed by atoms with Crippen molar-refractivity contribution in [3.8, 4) is 5.75 Å². The predicted molar refractivity (Wildman–Crippen MR) is 65.7 cm³/mol. The van der Waals surface area contributed by atoms with Gasteiger partial charge in [0.1, 0.15) is 5.75 Å². The van der Waals surface area contributed by atoms with Crippen molar-refractivity contribution in [1.82, 2.24) is 5.32 Å². The smallest absolute Gasteiger partial charge is 0.224 e. The van der Waals surface area contributed by atoms with Gasteiger partial charge in [0.05, 0.1) is 6.42 Å². The lowest BCUT2D eigenvalue weighted by atomic mass is 9.95. The molecule has 0 atom stereocenters. The molecule has 1 amide bonds. The number of hydrogen-bond acceptors (Lipinski definition) is 3. The molecule has 0 aliphatic rings. The van der Waals surface area contributed by atoms with E-state index in [-0.39, 0.29) is 30.1 Å². The zero-order chi connectivity index (χ0) is 12.9. The van der Waals surface area contributed by atoms with Crippen LogP contribution in [0.1, 0.15) is 19.4 Å².